The lowest BCUT2D eigenvalue weighted by Crippen LogP contribution is -2.51. The third-order valence-corrected chi connectivity index (χ3v) is 5.43. The Balaban J connectivity index is 1.40. The summed E-state index contributed by atoms with van der Waals surface area (Å²) in [5, 5.41) is 2.22. The van der Waals surface area contributed by atoms with Crippen LogP contribution in [0.5, 0.6) is 0 Å². The molecule has 4 amide bonds. The molecule has 0 aromatic carbocycles. The third kappa shape index (κ3) is 3.55. The molecule has 5 heterocycles. The molecule has 26 heavy (non-hydrogen) atoms. The maximum absolute atomic E-state index is 12.8. The number of nitrogens with zero attached hydrogens (tertiary/aromatic N) is 4. The van der Waals surface area contributed by atoms with E-state index in [-0.39, 0.29) is 30.9 Å². The summed E-state index contributed by atoms with van der Waals surface area (Å²) in [6.07, 6.45) is 5.78. The number of amides is 4. The quantitative estimate of drug-likeness (QED) is 0.770. The van der Waals surface area contributed by atoms with Crippen LogP contribution in [0.25, 0.3) is 0 Å². The molecule has 4 saturated heterocycles. The maximum atomic E-state index is 12.8. The van der Waals surface area contributed by atoms with Crippen molar-refractivity contribution in [3.05, 3.63) is 30.1 Å². The first-order chi connectivity index (χ1) is 12.6. The SMILES string of the molecule is O=C1CN(CC(=O)N2CC3CCC2CN(Cc2cccnc2)C3)C(=O)N1. The molecule has 0 spiro atoms. The zero-order valence-electron chi connectivity index (χ0n) is 14.6. The molecule has 0 saturated carbocycles. The average molecular weight is 357 g/mol. The van der Waals surface area contributed by atoms with Crippen LogP contribution in [0.3, 0.4) is 0 Å². The minimum absolute atomic E-state index is 0.0244. The van der Waals surface area contributed by atoms with Crippen LogP contribution >= 0.6 is 0 Å². The predicted octanol–water partition coefficient (Wildman–Crippen LogP) is 0.0562. The minimum atomic E-state index is -0.471. The van der Waals surface area contributed by atoms with E-state index in [4.69, 9.17) is 0 Å². The van der Waals surface area contributed by atoms with Crippen LogP contribution in [0.1, 0.15) is 18.4 Å². The monoisotopic (exact) mass is 357 g/mol. The van der Waals surface area contributed by atoms with Gasteiger partial charge in [0.15, 0.2) is 0 Å². The fraction of sp³-hybridized carbons (Fsp3) is 0.556. The summed E-state index contributed by atoms with van der Waals surface area (Å²) in [6, 6.07) is 3.71. The van der Waals surface area contributed by atoms with Crippen molar-refractivity contribution in [3.63, 3.8) is 0 Å². The largest absolute Gasteiger partial charge is 0.337 e. The Morgan fingerprint density at radius 2 is 2.12 bits per heavy atom. The molecule has 4 aliphatic heterocycles. The number of imide groups is 1. The molecule has 0 aliphatic carbocycles. The summed E-state index contributed by atoms with van der Waals surface area (Å²) in [5.74, 6) is 0.0408. The van der Waals surface area contributed by atoms with Crippen molar-refractivity contribution in [2.45, 2.75) is 25.4 Å². The molecule has 0 radical (unpaired) electrons. The molecular weight excluding hydrogens is 334 g/mol. The molecule has 8 heteroatoms. The van der Waals surface area contributed by atoms with Crippen molar-refractivity contribution in [1.82, 2.24) is 25.0 Å². The van der Waals surface area contributed by atoms with E-state index >= 15 is 0 Å². The summed E-state index contributed by atoms with van der Waals surface area (Å²) < 4.78 is 0. The van der Waals surface area contributed by atoms with E-state index in [1.54, 1.807) is 6.20 Å². The number of carbonyl (C=O) groups excluding carboxylic acids is 3. The highest BCUT2D eigenvalue weighted by Gasteiger charge is 2.38. The van der Waals surface area contributed by atoms with Gasteiger partial charge in [-0.25, -0.2) is 4.79 Å². The standard InChI is InChI=1S/C18H23N5O3/c24-16-11-22(18(26)20-16)12-17(25)23-9-14-3-4-15(23)10-21(8-14)7-13-2-1-5-19-6-13/h1-2,5-6,14-15H,3-4,7-12H2,(H,20,24,26). The number of rotatable bonds is 4. The minimum Gasteiger partial charge on any atom is -0.337 e. The molecule has 2 atom stereocenters. The van der Waals surface area contributed by atoms with Gasteiger partial charge in [0, 0.05) is 44.6 Å². The topological polar surface area (TPSA) is 85.9 Å². The van der Waals surface area contributed by atoms with Gasteiger partial charge < -0.3 is 9.80 Å². The predicted molar refractivity (Wildman–Crippen MR) is 92.9 cm³/mol. The number of aromatic nitrogens is 1. The van der Waals surface area contributed by atoms with Crippen LogP contribution in [0, 0.1) is 5.92 Å². The van der Waals surface area contributed by atoms with Gasteiger partial charge in [-0.1, -0.05) is 6.07 Å². The van der Waals surface area contributed by atoms with Gasteiger partial charge >= 0.3 is 6.03 Å². The molecule has 5 rings (SSSR count). The third-order valence-electron chi connectivity index (χ3n) is 5.43. The Bertz CT molecular complexity index is 710. The van der Waals surface area contributed by atoms with Crippen LogP contribution in [-0.2, 0) is 16.1 Å². The Morgan fingerprint density at radius 3 is 2.85 bits per heavy atom. The molecule has 4 fully saturated rings. The second-order valence-corrected chi connectivity index (χ2v) is 7.41. The lowest BCUT2D eigenvalue weighted by atomic mass is 9.95. The van der Waals surface area contributed by atoms with Crippen LogP contribution < -0.4 is 5.32 Å². The Kier molecular flexibility index (Phi) is 4.58. The maximum Gasteiger partial charge on any atom is 0.325 e. The van der Waals surface area contributed by atoms with Crippen molar-refractivity contribution >= 4 is 17.8 Å². The normalized spacial score (nSPS) is 26.2. The van der Waals surface area contributed by atoms with Crippen molar-refractivity contribution < 1.29 is 14.4 Å². The van der Waals surface area contributed by atoms with Crippen LogP contribution in [-0.4, -0.2) is 76.3 Å². The number of urea groups is 1. The molecule has 2 bridgehead atoms. The number of fused-ring (bicyclic) bond motifs is 4. The first-order valence-corrected chi connectivity index (χ1v) is 9.08. The molecule has 8 nitrogen and oxygen atoms in total. The fourth-order valence-corrected chi connectivity index (χ4v) is 4.23. The molecule has 1 N–H and O–H groups in total. The zero-order valence-corrected chi connectivity index (χ0v) is 14.6. The second-order valence-electron chi connectivity index (χ2n) is 7.41. The van der Waals surface area contributed by atoms with Gasteiger partial charge in [0.05, 0.1) is 0 Å². The first kappa shape index (κ1) is 17.0. The number of hydrogen-bond donors (Lipinski definition) is 1. The highest BCUT2D eigenvalue weighted by molar-refractivity contribution is 6.03. The highest BCUT2D eigenvalue weighted by Crippen LogP contribution is 2.29. The van der Waals surface area contributed by atoms with E-state index in [0.29, 0.717) is 5.92 Å². The van der Waals surface area contributed by atoms with Crippen molar-refractivity contribution in [3.8, 4) is 0 Å². The van der Waals surface area contributed by atoms with Crippen LogP contribution in [0.15, 0.2) is 24.5 Å². The first-order valence-electron chi connectivity index (χ1n) is 9.08. The van der Waals surface area contributed by atoms with E-state index < -0.39 is 6.03 Å². The summed E-state index contributed by atoms with van der Waals surface area (Å²) in [6.45, 7) is 3.32. The Labute approximate surface area is 152 Å². The van der Waals surface area contributed by atoms with Crippen molar-refractivity contribution in [1.29, 1.82) is 0 Å². The lowest BCUT2D eigenvalue weighted by Gasteiger charge is -2.37. The summed E-state index contributed by atoms with van der Waals surface area (Å²) in [7, 11) is 0. The summed E-state index contributed by atoms with van der Waals surface area (Å²) in [4.78, 5) is 45.6. The van der Waals surface area contributed by atoms with Gasteiger partial charge in [-0.2, -0.15) is 0 Å². The molecule has 1 aromatic rings. The number of carbonyl (C=O) groups is 3. The van der Waals surface area contributed by atoms with Gasteiger partial charge in [0.1, 0.15) is 13.1 Å². The molecule has 2 unspecified atom stereocenters. The molecule has 138 valence electrons. The Morgan fingerprint density at radius 1 is 1.23 bits per heavy atom. The van der Waals surface area contributed by atoms with E-state index in [1.165, 1.54) is 10.5 Å². The van der Waals surface area contributed by atoms with Gasteiger partial charge in [-0.05, 0) is 30.4 Å². The number of pyridine rings is 1. The van der Waals surface area contributed by atoms with Gasteiger partial charge in [-0.15, -0.1) is 0 Å². The van der Waals surface area contributed by atoms with Crippen LogP contribution in [0.4, 0.5) is 4.79 Å². The average Bonchev–Trinajstić information content (AvgIpc) is 2.78. The van der Waals surface area contributed by atoms with Crippen molar-refractivity contribution in [2.24, 2.45) is 5.92 Å². The van der Waals surface area contributed by atoms with Crippen LogP contribution in [0.2, 0.25) is 0 Å². The van der Waals surface area contributed by atoms with E-state index in [9.17, 15) is 14.4 Å². The van der Waals surface area contributed by atoms with Gasteiger partial charge in [0.25, 0.3) is 0 Å². The van der Waals surface area contributed by atoms with E-state index in [2.05, 4.69) is 21.3 Å². The summed E-state index contributed by atoms with van der Waals surface area (Å²) >= 11 is 0. The molecule has 4 aliphatic rings. The van der Waals surface area contributed by atoms with Crippen molar-refractivity contribution in [2.75, 3.05) is 32.7 Å². The number of hydrogen-bond acceptors (Lipinski definition) is 5. The number of nitrogens with one attached hydrogen (secondary N) is 1. The fourth-order valence-electron chi connectivity index (χ4n) is 4.23. The zero-order chi connectivity index (χ0) is 18.1. The number of piperidine rings is 1. The van der Waals surface area contributed by atoms with E-state index in [1.807, 2.05) is 17.2 Å². The van der Waals surface area contributed by atoms with E-state index in [0.717, 1.165) is 39.0 Å². The Hall–Kier alpha value is -2.48. The highest BCUT2D eigenvalue weighted by atomic mass is 16.2. The smallest absolute Gasteiger partial charge is 0.325 e. The molecular formula is C18H23N5O3. The second kappa shape index (κ2) is 7.03. The lowest BCUT2D eigenvalue weighted by molar-refractivity contribution is -0.135. The molecule has 1 aromatic heterocycles. The summed E-state index contributed by atoms with van der Waals surface area (Å²) in [5.41, 5.74) is 1.18. The van der Waals surface area contributed by atoms with Gasteiger partial charge in [0.2, 0.25) is 11.8 Å². The van der Waals surface area contributed by atoms with Gasteiger partial charge in [-0.3, -0.25) is 24.8 Å².